The lowest BCUT2D eigenvalue weighted by atomic mass is 10.1. The first-order valence-electron chi connectivity index (χ1n) is 7.25. The quantitative estimate of drug-likeness (QED) is 0.789. The molecule has 21 heavy (non-hydrogen) atoms. The summed E-state index contributed by atoms with van der Waals surface area (Å²) < 4.78 is 26.8. The Morgan fingerprint density at radius 1 is 1.38 bits per heavy atom. The molecule has 1 aromatic carbocycles. The summed E-state index contributed by atoms with van der Waals surface area (Å²) in [6.07, 6.45) is 2.44. The Balaban J connectivity index is 1.88. The number of nitriles is 1. The number of hydrogen-bond acceptors (Lipinski definition) is 4. The second-order valence-corrected chi connectivity index (χ2v) is 7.09. The monoisotopic (exact) mass is 307 g/mol. The van der Waals surface area contributed by atoms with Crippen LogP contribution in [0.15, 0.2) is 24.3 Å². The highest BCUT2D eigenvalue weighted by molar-refractivity contribution is 7.88. The maximum Gasteiger partial charge on any atom is 0.215 e. The van der Waals surface area contributed by atoms with Gasteiger partial charge in [0.15, 0.2) is 0 Å². The lowest BCUT2D eigenvalue weighted by Gasteiger charge is -2.19. The number of likely N-dealkylation sites (N-methyl/N-ethyl adjacent to an activating group) is 1. The van der Waals surface area contributed by atoms with Crippen molar-refractivity contribution in [1.82, 2.24) is 9.62 Å². The van der Waals surface area contributed by atoms with E-state index in [-0.39, 0.29) is 5.75 Å². The van der Waals surface area contributed by atoms with Gasteiger partial charge in [-0.05, 0) is 31.0 Å². The summed E-state index contributed by atoms with van der Waals surface area (Å²) in [4.78, 5) is 2.30. The van der Waals surface area contributed by atoms with Crippen molar-refractivity contribution < 1.29 is 8.42 Å². The molecule has 0 spiro atoms. The third kappa shape index (κ3) is 4.81. The minimum atomic E-state index is -3.40. The number of nitrogens with zero attached hydrogens (tertiary/aromatic N) is 2. The van der Waals surface area contributed by atoms with Gasteiger partial charge in [0.25, 0.3) is 0 Å². The fraction of sp³-hybridized carbons (Fsp3) is 0.533. The Morgan fingerprint density at radius 2 is 2.10 bits per heavy atom. The van der Waals surface area contributed by atoms with Gasteiger partial charge in [0.05, 0.1) is 17.4 Å². The predicted octanol–water partition coefficient (Wildman–Crippen LogP) is 1.46. The molecule has 5 nitrogen and oxygen atoms in total. The van der Waals surface area contributed by atoms with Crippen molar-refractivity contribution in [2.24, 2.45) is 0 Å². The minimum Gasteiger partial charge on any atom is -0.299 e. The standard InChI is InChI=1S/C15H21N3O2S/c1-2-18(15-7-8-15)10-9-17-21(19,20)12-14-6-4-3-5-13(14)11-16/h3-6,15,17H,2,7-10,12H2,1H3. The van der Waals surface area contributed by atoms with Crippen molar-refractivity contribution in [3.05, 3.63) is 35.4 Å². The minimum absolute atomic E-state index is 0.147. The predicted molar refractivity (Wildman–Crippen MR) is 82.1 cm³/mol. The molecule has 1 aromatic rings. The molecule has 0 atom stereocenters. The maximum absolute atomic E-state index is 12.1. The number of benzene rings is 1. The Bertz CT molecular complexity index is 618. The highest BCUT2D eigenvalue weighted by Crippen LogP contribution is 2.25. The van der Waals surface area contributed by atoms with E-state index in [1.165, 1.54) is 12.8 Å². The van der Waals surface area contributed by atoms with Gasteiger partial charge in [-0.25, -0.2) is 13.1 Å². The Morgan fingerprint density at radius 3 is 2.71 bits per heavy atom. The smallest absolute Gasteiger partial charge is 0.215 e. The van der Waals surface area contributed by atoms with Gasteiger partial charge in [-0.2, -0.15) is 5.26 Å². The number of sulfonamides is 1. The van der Waals surface area contributed by atoms with Crippen molar-refractivity contribution in [2.45, 2.75) is 31.6 Å². The highest BCUT2D eigenvalue weighted by Gasteiger charge is 2.27. The Labute approximate surface area is 126 Å². The van der Waals surface area contributed by atoms with Crippen LogP contribution in [0, 0.1) is 11.3 Å². The average molecular weight is 307 g/mol. The van der Waals surface area contributed by atoms with E-state index < -0.39 is 10.0 Å². The zero-order valence-corrected chi connectivity index (χ0v) is 13.1. The van der Waals surface area contributed by atoms with Gasteiger partial charge >= 0.3 is 0 Å². The molecule has 114 valence electrons. The molecule has 0 radical (unpaired) electrons. The normalized spacial score (nSPS) is 15.1. The van der Waals surface area contributed by atoms with Crippen LogP contribution in [0.5, 0.6) is 0 Å². The summed E-state index contributed by atoms with van der Waals surface area (Å²) >= 11 is 0. The van der Waals surface area contributed by atoms with Crippen LogP contribution >= 0.6 is 0 Å². The topological polar surface area (TPSA) is 73.2 Å². The molecule has 0 heterocycles. The SMILES string of the molecule is CCN(CCNS(=O)(=O)Cc1ccccc1C#N)C1CC1. The fourth-order valence-electron chi connectivity index (χ4n) is 2.39. The van der Waals surface area contributed by atoms with Gasteiger partial charge < -0.3 is 0 Å². The van der Waals surface area contributed by atoms with E-state index in [9.17, 15) is 8.42 Å². The molecule has 1 aliphatic carbocycles. The zero-order chi connectivity index (χ0) is 15.3. The second kappa shape index (κ2) is 7.03. The van der Waals surface area contributed by atoms with E-state index in [2.05, 4.69) is 16.5 Å². The Kier molecular flexibility index (Phi) is 5.34. The summed E-state index contributed by atoms with van der Waals surface area (Å²) in [6.45, 7) is 4.20. The first kappa shape index (κ1) is 16.0. The van der Waals surface area contributed by atoms with Gasteiger partial charge in [-0.15, -0.1) is 0 Å². The van der Waals surface area contributed by atoms with E-state index in [1.54, 1.807) is 24.3 Å². The average Bonchev–Trinajstić information content (AvgIpc) is 3.28. The molecule has 0 aliphatic heterocycles. The van der Waals surface area contributed by atoms with Crippen molar-refractivity contribution in [3.8, 4) is 6.07 Å². The summed E-state index contributed by atoms with van der Waals surface area (Å²) in [5.41, 5.74) is 0.957. The van der Waals surface area contributed by atoms with Gasteiger partial charge in [0, 0.05) is 19.1 Å². The van der Waals surface area contributed by atoms with Crippen LogP contribution in [0.25, 0.3) is 0 Å². The van der Waals surface area contributed by atoms with Crippen LogP contribution in [0.2, 0.25) is 0 Å². The van der Waals surface area contributed by atoms with Crippen LogP contribution in [-0.2, 0) is 15.8 Å². The summed E-state index contributed by atoms with van der Waals surface area (Å²) in [6, 6.07) is 9.46. The number of hydrogen-bond donors (Lipinski definition) is 1. The van der Waals surface area contributed by atoms with Crippen LogP contribution in [0.1, 0.15) is 30.9 Å². The zero-order valence-electron chi connectivity index (χ0n) is 12.2. The maximum atomic E-state index is 12.1. The molecule has 0 saturated heterocycles. The van der Waals surface area contributed by atoms with Crippen molar-refractivity contribution >= 4 is 10.0 Å². The molecule has 1 N–H and O–H groups in total. The van der Waals surface area contributed by atoms with Crippen molar-refractivity contribution in [3.63, 3.8) is 0 Å². The molecule has 0 bridgehead atoms. The molecule has 1 saturated carbocycles. The van der Waals surface area contributed by atoms with Crippen LogP contribution in [-0.4, -0.2) is 39.0 Å². The highest BCUT2D eigenvalue weighted by atomic mass is 32.2. The van der Waals surface area contributed by atoms with Crippen molar-refractivity contribution in [1.29, 1.82) is 5.26 Å². The molecular formula is C15H21N3O2S. The second-order valence-electron chi connectivity index (χ2n) is 5.28. The summed E-state index contributed by atoms with van der Waals surface area (Å²) in [5, 5.41) is 8.99. The molecule has 0 unspecified atom stereocenters. The molecule has 2 rings (SSSR count). The van der Waals surface area contributed by atoms with E-state index in [0.717, 1.165) is 13.1 Å². The fourth-order valence-corrected chi connectivity index (χ4v) is 3.56. The van der Waals surface area contributed by atoms with E-state index >= 15 is 0 Å². The van der Waals surface area contributed by atoms with E-state index in [1.807, 2.05) is 6.07 Å². The lowest BCUT2D eigenvalue weighted by Crippen LogP contribution is -2.36. The molecule has 0 aromatic heterocycles. The lowest BCUT2D eigenvalue weighted by molar-refractivity contribution is 0.282. The van der Waals surface area contributed by atoms with Crippen LogP contribution < -0.4 is 4.72 Å². The number of nitrogens with one attached hydrogen (secondary N) is 1. The molecule has 6 heteroatoms. The van der Waals surface area contributed by atoms with Gasteiger partial charge in [-0.3, -0.25) is 4.90 Å². The molecule has 1 aliphatic rings. The summed E-state index contributed by atoms with van der Waals surface area (Å²) in [7, 11) is -3.40. The third-order valence-electron chi connectivity index (χ3n) is 3.67. The van der Waals surface area contributed by atoms with Gasteiger partial charge in [0.2, 0.25) is 10.0 Å². The van der Waals surface area contributed by atoms with Gasteiger partial charge in [0.1, 0.15) is 0 Å². The summed E-state index contributed by atoms with van der Waals surface area (Å²) in [5.74, 6) is -0.147. The Hall–Kier alpha value is -1.42. The first-order chi connectivity index (χ1) is 10.1. The molecule has 1 fully saturated rings. The van der Waals surface area contributed by atoms with Gasteiger partial charge in [-0.1, -0.05) is 25.1 Å². The third-order valence-corrected chi connectivity index (χ3v) is 5.01. The molecular weight excluding hydrogens is 286 g/mol. The molecule has 0 amide bonds. The first-order valence-corrected chi connectivity index (χ1v) is 8.90. The van der Waals surface area contributed by atoms with E-state index in [4.69, 9.17) is 5.26 Å². The van der Waals surface area contributed by atoms with Crippen LogP contribution in [0.3, 0.4) is 0 Å². The number of rotatable bonds is 8. The van der Waals surface area contributed by atoms with E-state index in [0.29, 0.717) is 23.7 Å². The largest absolute Gasteiger partial charge is 0.299 e. The van der Waals surface area contributed by atoms with Crippen LogP contribution in [0.4, 0.5) is 0 Å². The van der Waals surface area contributed by atoms with Crippen molar-refractivity contribution in [2.75, 3.05) is 19.6 Å².